The van der Waals surface area contributed by atoms with Gasteiger partial charge in [-0.2, -0.15) is 5.26 Å². The minimum Gasteiger partial charge on any atom is -0.324 e. The molecule has 4 nitrogen and oxygen atoms in total. The Morgan fingerprint density at radius 1 is 1.58 bits per heavy atom. The minimum atomic E-state index is -0.168. The molecule has 0 aromatic heterocycles. The molecule has 1 aliphatic rings. The Hall–Kier alpha value is -1.38. The monoisotopic (exact) mass is 321 g/mol. The van der Waals surface area contributed by atoms with Gasteiger partial charge in [0.15, 0.2) is 0 Å². The summed E-state index contributed by atoms with van der Waals surface area (Å²) in [6, 6.07) is 7.18. The van der Waals surface area contributed by atoms with Crippen LogP contribution >= 0.6 is 15.9 Å². The summed E-state index contributed by atoms with van der Waals surface area (Å²) in [5, 5.41) is 15.1. The quantitative estimate of drug-likeness (QED) is 0.880. The minimum absolute atomic E-state index is 0.0645. The first-order chi connectivity index (χ1) is 9.10. The maximum atomic E-state index is 12.2. The van der Waals surface area contributed by atoms with E-state index in [0.29, 0.717) is 17.2 Å². The molecular formula is C14H16BrN3O. The van der Waals surface area contributed by atoms with Gasteiger partial charge in [-0.3, -0.25) is 4.79 Å². The average Bonchev–Trinajstić information content (AvgIpc) is 2.40. The fourth-order valence-corrected chi connectivity index (χ4v) is 2.61. The van der Waals surface area contributed by atoms with E-state index in [1.807, 2.05) is 6.07 Å². The van der Waals surface area contributed by atoms with Crippen LogP contribution in [0.5, 0.6) is 0 Å². The highest BCUT2D eigenvalue weighted by atomic mass is 79.9. The second kappa shape index (κ2) is 6.18. The number of carbonyl (C=O) groups is 1. The third-order valence-corrected chi connectivity index (χ3v) is 3.84. The number of rotatable bonds is 2. The summed E-state index contributed by atoms with van der Waals surface area (Å²) >= 11 is 3.31. The SMILES string of the molecule is CC1CCNC(C(=O)Nc2ccc(Br)cc2C#N)C1. The van der Waals surface area contributed by atoms with Crippen LogP contribution in [0.1, 0.15) is 25.3 Å². The van der Waals surface area contributed by atoms with Crippen LogP contribution < -0.4 is 10.6 Å². The lowest BCUT2D eigenvalue weighted by Gasteiger charge is -2.27. The molecule has 2 atom stereocenters. The Morgan fingerprint density at radius 3 is 3.05 bits per heavy atom. The normalized spacial score (nSPS) is 22.6. The topological polar surface area (TPSA) is 64.9 Å². The van der Waals surface area contributed by atoms with Gasteiger partial charge in [0, 0.05) is 4.47 Å². The number of nitriles is 1. The molecule has 19 heavy (non-hydrogen) atoms. The Labute approximate surface area is 121 Å². The molecule has 1 aromatic carbocycles. The van der Waals surface area contributed by atoms with E-state index in [9.17, 15) is 4.79 Å². The zero-order valence-corrected chi connectivity index (χ0v) is 12.3. The van der Waals surface area contributed by atoms with Gasteiger partial charge in [-0.1, -0.05) is 22.9 Å². The second-order valence-electron chi connectivity index (χ2n) is 4.93. The maximum Gasteiger partial charge on any atom is 0.241 e. The summed E-state index contributed by atoms with van der Waals surface area (Å²) in [6.45, 7) is 3.02. The lowest BCUT2D eigenvalue weighted by molar-refractivity contribution is -0.119. The molecule has 1 saturated heterocycles. The number of benzene rings is 1. The molecule has 0 aliphatic carbocycles. The molecule has 2 unspecified atom stereocenters. The zero-order valence-electron chi connectivity index (χ0n) is 10.7. The first-order valence-corrected chi connectivity index (χ1v) is 7.13. The van der Waals surface area contributed by atoms with Gasteiger partial charge in [0.1, 0.15) is 6.07 Å². The molecule has 1 fully saturated rings. The van der Waals surface area contributed by atoms with Crippen LogP contribution in [-0.4, -0.2) is 18.5 Å². The van der Waals surface area contributed by atoms with Gasteiger partial charge in [0.2, 0.25) is 5.91 Å². The predicted molar refractivity (Wildman–Crippen MR) is 77.7 cm³/mol. The summed E-state index contributed by atoms with van der Waals surface area (Å²) in [7, 11) is 0. The molecule has 0 radical (unpaired) electrons. The summed E-state index contributed by atoms with van der Waals surface area (Å²) in [5.41, 5.74) is 1.03. The molecule has 5 heteroatoms. The summed E-state index contributed by atoms with van der Waals surface area (Å²) in [4.78, 5) is 12.2. The zero-order chi connectivity index (χ0) is 13.8. The molecule has 0 bridgehead atoms. The third kappa shape index (κ3) is 3.55. The lowest BCUT2D eigenvalue weighted by atomic mass is 9.94. The van der Waals surface area contributed by atoms with Crippen molar-refractivity contribution in [3.8, 4) is 6.07 Å². The van der Waals surface area contributed by atoms with Gasteiger partial charge in [-0.05, 0) is 43.5 Å². The summed E-state index contributed by atoms with van der Waals surface area (Å²) in [5.74, 6) is 0.489. The molecule has 0 spiro atoms. The molecule has 1 heterocycles. The van der Waals surface area contributed by atoms with E-state index in [-0.39, 0.29) is 11.9 Å². The number of halogens is 1. The Morgan fingerprint density at radius 2 is 2.37 bits per heavy atom. The van der Waals surface area contributed by atoms with Crippen LogP contribution in [0.4, 0.5) is 5.69 Å². The fraction of sp³-hybridized carbons (Fsp3) is 0.429. The van der Waals surface area contributed by atoms with Gasteiger partial charge in [-0.15, -0.1) is 0 Å². The van der Waals surface area contributed by atoms with E-state index in [1.165, 1.54) is 0 Å². The Kier molecular flexibility index (Phi) is 4.56. The molecule has 0 saturated carbocycles. The maximum absolute atomic E-state index is 12.2. The van der Waals surface area contributed by atoms with E-state index in [4.69, 9.17) is 5.26 Å². The third-order valence-electron chi connectivity index (χ3n) is 3.34. The van der Waals surface area contributed by atoms with Crippen molar-refractivity contribution in [2.75, 3.05) is 11.9 Å². The van der Waals surface area contributed by atoms with Crippen molar-refractivity contribution in [1.29, 1.82) is 5.26 Å². The van der Waals surface area contributed by atoms with Gasteiger partial charge in [0.25, 0.3) is 0 Å². The number of anilines is 1. The van der Waals surface area contributed by atoms with Crippen LogP contribution in [0, 0.1) is 17.2 Å². The first kappa shape index (κ1) is 14.0. The molecule has 1 aromatic rings. The summed E-state index contributed by atoms with van der Waals surface area (Å²) in [6.07, 6.45) is 1.94. The number of hydrogen-bond donors (Lipinski definition) is 2. The highest BCUT2D eigenvalue weighted by Crippen LogP contribution is 2.22. The smallest absolute Gasteiger partial charge is 0.241 e. The number of piperidine rings is 1. The number of hydrogen-bond acceptors (Lipinski definition) is 3. The molecule has 2 rings (SSSR count). The fourth-order valence-electron chi connectivity index (χ4n) is 2.25. The number of amides is 1. The first-order valence-electron chi connectivity index (χ1n) is 6.34. The van der Waals surface area contributed by atoms with Crippen LogP contribution in [0.15, 0.2) is 22.7 Å². The standard InChI is InChI=1S/C14H16BrN3O/c1-9-4-5-17-13(6-9)14(19)18-12-3-2-11(15)7-10(12)8-16/h2-3,7,9,13,17H,4-6H2,1H3,(H,18,19). The van der Waals surface area contributed by atoms with Crippen LogP contribution in [0.2, 0.25) is 0 Å². The number of nitrogens with one attached hydrogen (secondary N) is 2. The largest absolute Gasteiger partial charge is 0.324 e. The molecule has 1 amide bonds. The van der Waals surface area contributed by atoms with Crippen LogP contribution in [0.25, 0.3) is 0 Å². The van der Waals surface area contributed by atoms with Crippen molar-refractivity contribution < 1.29 is 4.79 Å². The van der Waals surface area contributed by atoms with Crippen LogP contribution in [-0.2, 0) is 4.79 Å². The van der Waals surface area contributed by atoms with E-state index >= 15 is 0 Å². The van der Waals surface area contributed by atoms with Crippen molar-refractivity contribution in [1.82, 2.24) is 5.32 Å². The number of nitrogens with zero attached hydrogens (tertiary/aromatic N) is 1. The van der Waals surface area contributed by atoms with Gasteiger partial charge < -0.3 is 10.6 Å². The average molecular weight is 322 g/mol. The lowest BCUT2D eigenvalue weighted by Crippen LogP contribution is -2.45. The van der Waals surface area contributed by atoms with E-state index in [0.717, 1.165) is 23.9 Å². The predicted octanol–water partition coefficient (Wildman–Crippen LogP) is 2.65. The van der Waals surface area contributed by atoms with Crippen molar-refractivity contribution >= 4 is 27.5 Å². The molecule has 1 aliphatic heterocycles. The van der Waals surface area contributed by atoms with E-state index in [1.54, 1.807) is 12.1 Å². The highest BCUT2D eigenvalue weighted by molar-refractivity contribution is 9.10. The summed E-state index contributed by atoms with van der Waals surface area (Å²) < 4.78 is 0.825. The Balaban J connectivity index is 2.08. The van der Waals surface area contributed by atoms with Gasteiger partial charge >= 0.3 is 0 Å². The Bertz CT molecular complexity index is 524. The number of carbonyl (C=O) groups excluding carboxylic acids is 1. The molecule has 2 N–H and O–H groups in total. The van der Waals surface area contributed by atoms with Gasteiger partial charge in [-0.25, -0.2) is 0 Å². The van der Waals surface area contributed by atoms with Crippen molar-refractivity contribution in [3.05, 3.63) is 28.2 Å². The molecular weight excluding hydrogens is 306 g/mol. The van der Waals surface area contributed by atoms with Crippen molar-refractivity contribution in [3.63, 3.8) is 0 Å². The van der Waals surface area contributed by atoms with Gasteiger partial charge in [0.05, 0.1) is 17.3 Å². The van der Waals surface area contributed by atoms with Crippen molar-refractivity contribution in [2.45, 2.75) is 25.8 Å². The van der Waals surface area contributed by atoms with E-state index in [2.05, 4.69) is 39.6 Å². The highest BCUT2D eigenvalue weighted by Gasteiger charge is 2.24. The second-order valence-corrected chi connectivity index (χ2v) is 5.84. The van der Waals surface area contributed by atoms with Crippen molar-refractivity contribution in [2.24, 2.45) is 5.92 Å². The van der Waals surface area contributed by atoms with E-state index < -0.39 is 0 Å². The molecule has 100 valence electrons. The van der Waals surface area contributed by atoms with Crippen LogP contribution in [0.3, 0.4) is 0 Å².